The zero-order valence-electron chi connectivity index (χ0n) is 11.4. The fourth-order valence-corrected chi connectivity index (χ4v) is 4.08. The number of carbonyl (C=O) groups is 2. The number of hydrogen-bond donors (Lipinski definition) is 2. The molecule has 0 radical (unpaired) electrons. The SMILES string of the molecule is O=C(O)c1cccc(CCNC(=O)[C@H]2CCS(=O)(=O)C2)c1. The Hall–Kier alpha value is -1.89. The first-order valence-electron chi connectivity index (χ1n) is 6.68. The van der Waals surface area contributed by atoms with Gasteiger partial charge in [0.25, 0.3) is 0 Å². The summed E-state index contributed by atoms with van der Waals surface area (Å²) in [4.78, 5) is 22.7. The average Bonchev–Trinajstić information content (AvgIpc) is 2.79. The van der Waals surface area contributed by atoms with Crippen molar-refractivity contribution >= 4 is 21.7 Å². The second-order valence-corrected chi connectivity index (χ2v) is 7.38. The van der Waals surface area contributed by atoms with Crippen LogP contribution in [0.2, 0.25) is 0 Å². The van der Waals surface area contributed by atoms with Crippen LogP contribution in [0.5, 0.6) is 0 Å². The number of amides is 1. The van der Waals surface area contributed by atoms with Gasteiger partial charge in [0, 0.05) is 6.54 Å². The van der Waals surface area contributed by atoms with Crippen molar-refractivity contribution < 1.29 is 23.1 Å². The van der Waals surface area contributed by atoms with Gasteiger partial charge in [-0.05, 0) is 30.5 Å². The molecule has 21 heavy (non-hydrogen) atoms. The van der Waals surface area contributed by atoms with E-state index >= 15 is 0 Å². The lowest BCUT2D eigenvalue weighted by molar-refractivity contribution is -0.124. The van der Waals surface area contributed by atoms with Crippen LogP contribution in [0.15, 0.2) is 24.3 Å². The fraction of sp³-hybridized carbons (Fsp3) is 0.429. The molecule has 0 aromatic heterocycles. The Labute approximate surface area is 123 Å². The van der Waals surface area contributed by atoms with Crippen molar-refractivity contribution in [1.82, 2.24) is 5.32 Å². The maximum atomic E-state index is 11.8. The summed E-state index contributed by atoms with van der Waals surface area (Å²) in [5.74, 6) is -1.69. The lowest BCUT2D eigenvalue weighted by Crippen LogP contribution is -2.32. The Morgan fingerprint density at radius 3 is 2.71 bits per heavy atom. The number of aromatic carboxylic acids is 1. The van der Waals surface area contributed by atoms with E-state index in [9.17, 15) is 18.0 Å². The summed E-state index contributed by atoms with van der Waals surface area (Å²) in [7, 11) is -3.06. The highest BCUT2D eigenvalue weighted by atomic mass is 32.2. The van der Waals surface area contributed by atoms with Crippen LogP contribution in [-0.4, -0.2) is 43.5 Å². The minimum absolute atomic E-state index is 0.0751. The number of sulfone groups is 1. The zero-order valence-corrected chi connectivity index (χ0v) is 12.2. The Bertz CT molecular complexity index is 653. The van der Waals surface area contributed by atoms with Crippen LogP contribution in [0.25, 0.3) is 0 Å². The Balaban J connectivity index is 1.83. The summed E-state index contributed by atoms with van der Waals surface area (Å²) >= 11 is 0. The van der Waals surface area contributed by atoms with Crippen molar-refractivity contribution in [3.63, 3.8) is 0 Å². The third-order valence-electron chi connectivity index (χ3n) is 3.49. The van der Waals surface area contributed by atoms with Crippen LogP contribution in [0.1, 0.15) is 22.3 Å². The number of nitrogens with one attached hydrogen (secondary N) is 1. The third-order valence-corrected chi connectivity index (χ3v) is 5.26. The summed E-state index contributed by atoms with van der Waals surface area (Å²) in [5, 5.41) is 11.6. The van der Waals surface area contributed by atoms with Crippen molar-refractivity contribution in [2.45, 2.75) is 12.8 Å². The summed E-state index contributed by atoms with van der Waals surface area (Å²) < 4.78 is 22.6. The molecule has 1 heterocycles. The summed E-state index contributed by atoms with van der Waals surface area (Å²) in [6.45, 7) is 0.360. The van der Waals surface area contributed by atoms with Crippen LogP contribution in [0.3, 0.4) is 0 Å². The van der Waals surface area contributed by atoms with Crippen molar-refractivity contribution in [2.75, 3.05) is 18.1 Å². The van der Waals surface area contributed by atoms with Gasteiger partial charge in [-0.15, -0.1) is 0 Å². The Morgan fingerprint density at radius 1 is 1.33 bits per heavy atom. The van der Waals surface area contributed by atoms with Gasteiger partial charge in [0.15, 0.2) is 9.84 Å². The molecule has 1 saturated heterocycles. The minimum atomic E-state index is -3.06. The first-order valence-corrected chi connectivity index (χ1v) is 8.50. The largest absolute Gasteiger partial charge is 0.478 e. The molecule has 1 amide bonds. The molecular weight excluding hydrogens is 294 g/mol. The van der Waals surface area contributed by atoms with Gasteiger partial charge < -0.3 is 10.4 Å². The molecule has 2 rings (SSSR count). The molecule has 0 saturated carbocycles. The Morgan fingerprint density at radius 2 is 2.10 bits per heavy atom. The lowest BCUT2D eigenvalue weighted by Gasteiger charge is -2.09. The number of carbonyl (C=O) groups excluding carboxylic acids is 1. The van der Waals surface area contributed by atoms with E-state index in [0.717, 1.165) is 5.56 Å². The summed E-state index contributed by atoms with van der Waals surface area (Å²) in [6.07, 6.45) is 0.884. The summed E-state index contributed by atoms with van der Waals surface area (Å²) in [6, 6.07) is 6.52. The maximum absolute atomic E-state index is 11.8. The lowest BCUT2D eigenvalue weighted by atomic mass is 10.1. The normalized spacial score (nSPS) is 20.1. The van der Waals surface area contributed by atoms with E-state index in [0.29, 0.717) is 19.4 Å². The molecular formula is C14H17NO5S. The second-order valence-electron chi connectivity index (χ2n) is 5.15. The standard InChI is InChI=1S/C14H17NO5S/c16-13(12-5-7-21(19,20)9-12)15-6-4-10-2-1-3-11(8-10)14(17)18/h1-3,8,12H,4-7,9H2,(H,15,16)(H,17,18)/t12-/m0/s1. The highest BCUT2D eigenvalue weighted by Crippen LogP contribution is 2.18. The topological polar surface area (TPSA) is 101 Å². The van der Waals surface area contributed by atoms with Gasteiger partial charge in [-0.3, -0.25) is 4.79 Å². The van der Waals surface area contributed by atoms with Gasteiger partial charge in [-0.2, -0.15) is 0 Å². The van der Waals surface area contributed by atoms with E-state index in [4.69, 9.17) is 5.11 Å². The minimum Gasteiger partial charge on any atom is -0.478 e. The number of carboxylic acids is 1. The molecule has 0 bridgehead atoms. The van der Waals surface area contributed by atoms with Crippen LogP contribution < -0.4 is 5.32 Å². The van der Waals surface area contributed by atoms with Gasteiger partial charge in [-0.1, -0.05) is 12.1 Å². The number of carboxylic acid groups (broad SMARTS) is 1. The van der Waals surface area contributed by atoms with E-state index in [-0.39, 0.29) is 23.0 Å². The molecule has 0 unspecified atom stereocenters. The van der Waals surface area contributed by atoms with E-state index in [1.165, 1.54) is 6.07 Å². The maximum Gasteiger partial charge on any atom is 0.335 e. The van der Waals surface area contributed by atoms with Gasteiger partial charge in [0.05, 0.1) is 23.0 Å². The molecule has 6 nitrogen and oxygen atoms in total. The number of benzene rings is 1. The van der Waals surface area contributed by atoms with Crippen molar-refractivity contribution in [3.05, 3.63) is 35.4 Å². The van der Waals surface area contributed by atoms with E-state index in [2.05, 4.69) is 5.32 Å². The van der Waals surface area contributed by atoms with Gasteiger partial charge >= 0.3 is 5.97 Å². The number of rotatable bonds is 5. The van der Waals surface area contributed by atoms with Crippen LogP contribution in [0, 0.1) is 5.92 Å². The predicted molar refractivity (Wildman–Crippen MR) is 76.9 cm³/mol. The van der Waals surface area contributed by atoms with E-state index < -0.39 is 21.7 Å². The van der Waals surface area contributed by atoms with Crippen molar-refractivity contribution in [1.29, 1.82) is 0 Å². The van der Waals surface area contributed by atoms with Gasteiger partial charge in [-0.25, -0.2) is 13.2 Å². The Kier molecular flexibility index (Phi) is 4.62. The first-order chi connectivity index (χ1) is 9.87. The molecule has 1 aliphatic rings. The quantitative estimate of drug-likeness (QED) is 0.823. The molecule has 114 valence electrons. The molecule has 1 aromatic rings. The molecule has 1 atom stereocenters. The highest BCUT2D eigenvalue weighted by molar-refractivity contribution is 7.91. The van der Waals surface area contributed by atoms with Gasteiger partial charge in [0.2, 0.25) is 5.91 Å². The third kappa shape index (κ3) is 4.29. The zero-order chi connectivity index (χ0) is 15.5. The summed E-state index contributed by atoms with van der Waals surface area (Å²) in [5.41, 5.74) is 1.02. The highest BCUT2D eigenvalue weighted by Gasteiger charge is 2.32. The number of hydrogen-bond acceptors (Lipinski definition) is 4. The monoisotopic (exact) mass is 311 g/mol. The average molecular weight is 311 g/mol. The predicted octanol–water partition coefficient (Wildman–Crippen LogP) is 0.478. The fourth-order valence-electron chi connectivity index (χ4n) is 2.34. The van der Waals surface area contributed by atoms with Crippen LogP contribution >= 0.6 is 0 Å². The molecule has 1 aromatic carbocycles. The molecule has 0 spiro atoms. The van der Waals surface area contributed by atoms with Gasteiger partial charge in [0.1, 0.15) is 0 Å². The van der Waals surface area contributed by atoms with Crippen LogP contribution in [-0.2, 0) is 21.1 Å². The smallest absolute Gasteiger partial charge is 0.335 e. The van der Waals surface area contributed by atoms with Crippen LogP contribution in [0.4, 0.5) is 0 Å². The molecule has 7 heteroatoms. The molecule has 1 fully saturated rings. The van der Waals surface area contributed by atoms with E-state index in [1.807, 2.05) is 0 Å². The molecule has 2 N–H and O–H groups in total. The first kappa shape index (κ1) is 15.5. The van der Waals surface area contributed by atoms with Crippen molar-refractivity contribution in [2.24, 2.45) is 5.92 Å². The molecule has 1 aliphatic heterocycles. The molecule has 0 aliphatic carbocycles. The van der Waals surface area contributed by atoms with E-state index in [1.54, 1.807) is 18.2 Å². The second kappa shape index (κ2) is 6.26. The van der Waals surface area contributed by atoms with Crippen molar-refractivity contribution in [3.8, 4) is 0 Å².